The van der Waals surface area contributed by atoms with Gasteiger partial charge in [-0.15, -0.1) is 10.2 Å². The first-order chi connectivity index (χ1) is 9.52. The van der Waals surface area contributed by atoms with Crippen molar-refractivity contribution in [2.45, 2.75) is 5.16 Å². The summed E-state index contributed by atoms with van der Waals surface area (Å²) in [7, 11) is 3.38. The van der Waals surface area contributed by atoms with Gasteiger partial charge in [0.25, 0.3) is 0 Å². The van der Waals surface area contributed by atoms with E-state index in [2.05, 4.69) is 26.1 Å². The van der Waals surface area contributed by atoms with Gasteiger partial charge in [-0.05, 0) is 18.2 Å². The first-order valence-electron chi connectivity index (χ1n) is 5.61. The molecule has 0 spiro atoms. The molecule has 1 heterocycles. The van der Waals surface area contributed by atoms with Crippen molar-refractivity contribution in [2.75, 3.05) is 12.9 Å². The number of ether oxygens (including phenoxy) is 1. The molecule has 106 valence electrons. The number of methoxy groups -OCH3 is 1. The molecule has 0 amide bonds. The predicted molar refractivity (Wildman–Crippen MR) is 79.1 cm³/mol. The van der Waals surface area contributed by atoms with Gasteiger partial charge in [-0.2, -0.15) is 0 Å². The Hall–Kier alpha value is -1.54. The van der Waals surface area contributed by atoms with Gasteiger partial charge in [0.2, 0.25) is 0 Å². The molecular weight excluding hydrogens is 346 g/mol. The molecule has 0 unspecified atom stereocenters. The van der Waals surface area contributed by atoms with Crippen LogP contribution in [0, 0.1) is 0 Å². The van der Waals surface area contributed by atoms with Crippen molar-refractivity contribution < 1.29 is 14.6 Å². The molecule has 0 atom stereocenters. The summed E-state index contributed by atoms with van der Waals surface area (Å²) in [5.74, 6) is 0.358. The van der Waals surface area contributed by atoms with Crippen LogP contribution in [0.25, 0.3) is 11.4 Å². The number of aromatic nitrogens is 3. The number of hydrogen-bond donors (Lipinski definition) is 1. The molecule has 0 saturated heterocycles. The number of halogens is 1. The molecule has 8 heteroatoms. The van der Waals surface area contributed by atoms with Crippen LogP contribution >= 0.6 is 27.7 Å². The summed E-state index contributed by atoms with van der Waals surface area (Å²) in [5.41, 5.74) is 0.799. The quantitative estimate of drug-likeness (QED) is 0.828. The van der Waals surface area contributed by atoms with Crippen molar-refractivity contribution in [3.63, 3.8) is 0 Å². The first-order valence-corrected chi connectivity index (χ1v) is 7.38. The largest absolute Gasteiger partial charge is 0.496 e. The Morgan fingerprint density at radius 2 is 2.25 bits per heavy atom. The fourth-order valence-electron chi connectivity index (χ4n) is 1.65. The fraction of sp³-hybridized carbons (Fsp3) is 0.250. The summed E-state index contributed by atoms with van der Waals surface area (Å²) >= 11 is 4.51. The molecule has 0 saturated carbocycles. The average molecular weight is 358 g/mol. The van der Waals surface area contributed by atoms with Gasteiger partial charge in [0.15, 0.2) is 11.0 Å². The van der Waals surface area contributed by atoms with E-state index in [0.29, 0.717) is 16.7 Å². The Kier molecular flexibility index (Phi) is 4.66. The molecule has 0 aliphatic heterocycles. The predicted octanol–water partition coefficient (Wildman–Crippen LogP) is 2.43. The molecule has 0 bridgehead atoms. The zero-order valence-electron chi connectivity index (χ0n) is 10.8. The number of carboxylic acids is 1. The van der Waals surface area contributed by atoms with E-state index in [-0.39, 0.29) is 5.75 Å². The Bertz CT molecular complexity index is 645. The second kappa shape index (κ2) is 6.27. The van der Waals surface area contributed by atoms with E-state index in [0.717, 1.165) is 21.8 Å². The lowest BCUT2D eigenvalue weighted by molar-refractivity contribution is -0.133. The number of benzene rings is 1. The van der Waals surface area contributed by atoms with Crippen molar-refractivity contribution >= 4 is 33.7 Å². The van der Waals surface area contributed by atoms with Crippen LogP contribution in [0.2, 0.25) is 0 Å². The summed E-state index contributed by atoms with van der Waals surface area (Å²) in [6, 6.07) is 5.60. The van der Waals surface area contributed by atoms with Gasteiger partial charge >= 0.3 is 5.97 Å². The van der Waals surface area contributed by atoms with Crippen LogP contribution in [0.5, 0.6) is 5.75 Å². The molecular formula is C12H12BrN3O3S. The Labute approximate surface area is 128 Å². The van der Waals surface area contributed by atoms with Gasteiger partial charge in [-0.3, -0.25) is 4.79 Å². The second-order valence-corrected chi connectivity index (χ2v) is 5.75. The SMILES string of the molecule is COc1cc(Br)ccc1-c1nnc(SCC(=O)O)n1C. The number of thioether (sulfide) groups is 1. The van der Waals surface area contributed by atoms with Crippen molar-refractivity contribution in [1.82, 2.24) is 14.8 Å². The number of hydrogen-bond acceptors (Lipinski definition) is 5. The zero-order valence-corrected chi connectivity index (χ0v) is 13.2. The molecule has 0 fully saturated rings. The monoisotopic (exact) mass is 357 g/mol. The van der Waals surface area contributed by atoms with Gasteiger partial charge in [0.05, 0.1) is 18.4 Å². The van der Waals surface area contributed by atoms with Crippen molar-refractivity contribution in [3.05, 3.63) is 22.7 Å². The molecule has 2 rings (SSSR count). The molecule has 0 aliphatic carbocycles. The molecule has 6 nitrogen and oxygen atoms in total. The van der Waals surface area contributed by atoms with E-state index in [1.54, 1.807) is 18.7 Å². The third-order valence-electron chi connectivity index (χ3n) is 2.56. The maximum absolute atomic E-state index is 10.6. The Morgan fingerprint density at radius 3 is 2.90 bits per heavy atom. The minimum absolute atomic E-state index is 0.0521. The van der Waals surface area contributed by atoms with Crippen LogP contribution in [-0.4, -0.2) is 38.7 Å². The van der Waals surface area contributed by atoms with Crippen molar-refractivity contribution in [2.24, 2.45) is 7.05 Å². The van der Waals surface area contributed by atoms with Crippen LogP contribution in [-0.2, 0) is 11.8 Å². The molecule has 1 aromatic heterocycles. The lowest BCUT2D eigenvalue weighted by Crippen LogP contribution is -2.01. The zero-order chi connectivity index (χ0) is 14.7. The molecule has 2 aromatic rings. The van der Waals surface area contributed by atoms with Gasteiger partial charge in [-0.1, -0.05) is 27.7 Å². The number of aliphatic carboxylic acids is 1. The molecule has 1 aromatic carbocycles. The summed E-state index contributed by atoms with van der Waals surface area (Å²) in [5, 5.41) is 17.4. The third-order valence-corrected chi connectivity index (χ3v) is 4.06. The fourth-order valence-corrected chi connectivity index (χ4v) is 2.62. The smallest absolute Gasteiger partial charge is 0.313 e. The van der Waals surface area contributed by atoms with Crippen molar-refractivity contribution in [3.8, 4) is 17.1 Å². The average Bonchev–Trinajstić information content (AvgIpc) is 2.77. The molecule has 0 aliphatic rings. The van der Waals surface area contributed by atoms with E-state index in [9.17, 15) is 4.79 Å². The second-order valence-electron chi connectivity index (χ2n) is 3.89. The molecule has 20 heavy (non-hydrogen) atoms. The maximum atomic E-state index is 10.6. The van der Waals surface area contributed by atoms with E-state index < -0.39 is 5.97 Å². The number of nitrogens with zero attached hydrogens (tertiary/aromatic N) is 3. The highest BCUT2D eigenvalue weighted by Crippen LogP contribution is 2.32. The number of carbonyl (C=O) groups is 1. The normalized spacial score (nSPS) is 10.6. The van der Waals surface area contributed by atoms with Crippen molar-refractivity contribution in [1.29, 1.82) is 0 Å². The summed E-state index contributed by atoms with van der Waals surface area (Å²) < 4.78 is 7.98. The van der Waals surface area contributed by atoms with E-state index >= 15 is 0 Å². The summed E-state index contributed by atoms with van der Waals surface area (Å²) in [6.45, 7) is 0. The van der Waals surface area contributed by atoms with Crippen LogP contribution in [0.15, 0.2) is 27.8 Å². The van der Waals surface area contributed by atoms with Crippen LogP contribution in [0.4, 0.5) is 0 Å². The Balaban J connectivity index is 2.36. The summed E-state index contributed by atoms with van der Waals surface area (Å²) in [4.78, 5) is 10.6. The van der Waals surface area contributed by atoms with Gasteiger partial charge in [-0.25, -0.2) is 0 Å². The van der Waals surface area contributed by atoms with E-state index in [4.69, 9.17) is 9.84 Å². The Morgan fingerprint density at radius 1 is 1.50 bits per heavy atom. The minimum Gasteiger partial charge on any atom is -0.496 e. The van der Waals surface area contributed by atoms with Crippen LogP contribution < -0.4 is 4.74 Å². The molecule has 0 radical (unpaired) electrons. The van der Waals surface area contributed by atoms with E-state index in [1.165, 1.54) is 0 Å². The number of carboxylic acid groups (broad SMARTS) is 1. The lowest BCUT2D eigenvalue weighted by atomic mass is 10.2. The van der Waals surface area contributed by atoms with Crippen LogP contribution in [0.3, 0.4) is 0 Å². The van der Waals surface area contributed by atoms with Crippen LogP contribution in [0.1, 0.15) is 0 Å². The van der Waals surface area contributed by atoms with Gasteiger partial charge in [0, 0.05) is 11.5 Å². The third kappa shape index (κ3) is 3.13. The standard InChI is InChI=1S/C12H12BrN3O3S/c1-16-11(14-15-12(16)20-6-10(17)18)8-4-3-7(13)5-9(8)19-2/h3-5H,6H2,1-2H3,(H,17,18). The van der Waals surface area contributed by atoms with Gasteiger partial charge < -0.3 is 14.4 Å². The highest BCUT2D eigenvalue weighted by atomic mass is 79.9. The van der Waals surface area contributed by atoms with E-state index in [1.807, 2.05) is 18.2 Å². The maximum Gasteiger partial charge on any atom is 0.313 e. The summed E-state index contributed by atoms with van der Waals surface area (Å²) in [6.07, 6.45) is 0. The topological polar surface area (TPSA) is 77.2 Å². The minimum atomic E-state index is -0.888. The van der Waals surface area contributed by atoms with Gasteiger partial charge in [0.1, 0.15) is 5.75 Å². The first kappa shape index (κ1) is 14.9. The molecule has 1 N–H and O–H groups in total. The number of rotatable bonds is 5. The lowest BCUT2D eigenvalue weighted by Gasteiger charge is -2.08. The highest BCUT2D eigenvalue weighted by molar-refractivity contribution is 9.10. The highest BCUT2D eigenvalue weighted by Gasteiger charge is 2.16.